The zero-order chi connectivity index (χ0) is 43.1. The molecule has 0 bridgehead atoms. The molecule has 3 N–H and O–H groups in total. The van der Waals surface area contributed by atoms with Crippen LogP contribution >= 0.6 is 23.1 Å². The Morgan fingerprint density at radius 1 is 1.17 bits per heavy atom. The minimum Gasteiger partial charge on any atom is -0.467 e. The zero-order valence-corrected chi connectivity index (χ0v) is 37.9. The van der Waals surface area contributed by atoms with E-state index in [1.165, 1.54) is 52.0 Å². The number of ether oxygens (including phenoxy) is 1. The highest BCUT2D eigenvalue weighted by Gasteiger charge is 2.36. The quantitative estimate of drug-likeness (QED) is 0.0519. The summed E-state index contributed by atoms with van der Waals surface area (Å²) in [6.45, 7) is 16.9. The molecule has 2 saturated heterocycles. The van der Waals surface area contributed by atoms with E-state index in [-0.39, 0.29) is 23.1 Å². The van der Waals surface area contributed by atoms with Gasteiger partial charge in [0.05, 0.1) is 34.6 Å². The standard InChI is InChI=1S/C32H37N3O3S2.C7H12N2O2.C6H16N2/c1-5-22(28-18-39-28)30-23(9-7-13-33-30)31-25(16-32(3,4)19-38-20-37)24-15-21(11-12-27(24)35(31)6-2)26-17-40-29(34-26)10-8-14-36;1-2-9-4-5(7(8)11)3-6(9)10;1-4-5-6-8(3)7-2/h7,9,11-15,17,20,22,28H,5-6,8,10,16,18-19H2,1-4H3;5H,2-4H2,1H3,(H2,8,11);7H,4-6H2,1-3H3. The second kappa shape index (κ2) is 23.0. The van der Waals surface area contributed by atoms with Crippen LogP contribution in [-0.2, 0) is 43.3 Å². The Morgan fingerprint density at radius 3 is 2.51 bits per heavy atom. The van der Waals surface area contributed by atoms with Crippen LogP contribution in [0.5, 0.6) is 0 Å². The van der Waals surface area contributed by atoms with Gasteiger partial charge in [0.1, 0.15) is 6.29 Å². The normalized spacial score (nSPS) is 16.6. The molecule has 3 unspecified atom stereocenters. The molecule has 0 aliphatic carbocycles. The first-order chi connectivity index (χ1) is 28.4. The number of aromatic nitrogens is 3. The van der Waals surface area contributed by atoms with Crippen LogP contribution in [0.15, 0.2) is 41.9 Å². The Bertz CT molecular complexity index is 1990. The smallest absolute Gasteiger partial charge is 0.293 e. The molecule has 0 spiro atoms. The fourth-order valence-corrected chi connectivity index (χ4v) is 9.26. The monoisotopic (exact) mass is 847 g/mol. The molecule has 12 nitrogen and oxygen atoms in total. The average molecular weight is 848 g/mol. The minimum absolute atomic E-state index is 0.0382. The van der Waals surface area contributed by atoms with Gasteiger partial charge in [0.25, 0.3) is 6.47 Å². The third-order valence-corrected chi connectivity index (χ3v) is 12.9. The molecule has 1 aromatic carbocycles. The van der Waals surface area contributed by atoms with E-state index in [1.807, 2.05) is 31.9 Å². The van der Waals surface area contributed by atoms with Crippen molar-refractivity contribution < 1.29 is 23.9 Å². The second-order valence-corrected chi connectivity index (χ2v) is 18.2. The highest BCUT2D eigenvalue weighted by atomic mass is 32.2. The van der Waals surface area contributed by atoms with Crippen LogP contribution in [0.4, 0.5) is 0 Å². The number of pyridine rings is 1. The summed E-state index contributed by atoms with van der Waals surface area (Å²) >= 11 is 3.63. The van der Waals surface area contributed by atoms with E-state index in [0.29, 0.717) is 56.6 Å². The number of benzene rings is 1. The first-order valence-corrected chi connectivity index (χ1v) is 22.9. The maximum atomic E-state index is 11.1. The number of unbranched alkanes of at least 4 members (excludes halogenated alkanes) is 1. The van der Waals surface area contributed by atoms with Gasteiger partial charge in [-0.05, 0) is 70.0 Å². The first kappa shape index (κ1) is 47.6. The number of thioether (sulfide) groups is 1. The molecule has 3 aromatic heterocycles. The van der Waals surface area contributed by atoms with Crippen LogP contribution in [0.3, 0.4) is 0 Å². The summed E-state index contributed by atoms with van der Waals surface area (Å²) in [6, 6.07) is 10.9. The number of likely N-dealkylation sites (tertiary alicyclic amines) is 1. The van der Waals surface area contributed by atoms with Crippen LogP contribution in [0, 0.1) is 11.3 Å². The van der Waals surface area contributed by atoms with Crippen LogP contribution in [0.2, 0.25) is 0 Å². The second-order valence-electron chi connectivity index (χ2n) is 15.9. The van der Waals surface area contributed by atoms with Gasteiger partial charge in [-0.2, -0.15) is 11.8 Å². The molecule has 3 atom stereocenters. The molecule has 2 fully saturated rings. The lowest BCUT2D eigenvalue weighted by Gasteiger charge is -2.25. The van der Waals surface area contributed by atoms with Crippen molar-refractivity contribution in [3.8, 4) is 22.5 Å². The van der Waals surface area contributed by atoms with Gasteiger partial charge in [0, 0.05) is 108 Å². The lowest BCUT2D eigenvalue weighted by molar-refractivity contribution is -0.131. The summed E-state index contributed by atoms with van der Waals surface area (Å²) in [5.74, 6) is 1.02. The van der Waals surface area contributed by atoms with Crippen LogP contribution in [0.25, 0.3) is 33.4 Å². The largest absolute Gasteiger partial charge is 0.467 e. The van der Waals surface area contributed by atoms with E-state index in [0.717, 1.165) is 48.5 Å². The zero-order valence-electron chi connectivity index (χ0n) is 36.3. The van der Waals surface area contributed by atoms with Gasteiger partial charge in [-0.15, -0.1) is 11.3 Å². The van der Waals surface area contributed by atoms with E-state index >= 15 is 0 Å². The van der Waals surface area contributed by atoms with Crippen LogP contribution < -0.4 is 11.2 Å². The van der Waals surface area contributed by atoms with E-state index < -0.39 is 0 Å². The van der Waals surface area contributed by atoms with Crippen molar-refractivity contribution in [1.82, 2.24) is 29.9 Å². The number of nitrogens with zero attached hydrogens (tertiary/aromatic N) is 5. The molecule has 5 heterocycles. The molecule has 0 saturated carbocycles. The van der Waals surface area contributed by atoms with Gasteiger partial charge in [-0.3, -0.25) is 24.8 Å². The van der Waals surface area contributed by atoms with Gasteiger partial charge in [0.15, 0.2) is 0 Å². The molecular formula is C45H65N7O5S2. The summed E-state index contributed by atoms with van der Waals surface area (Å²) in [5.41, 5.74) is 15.9. The predicted molar refractivity (Wildman–Crippen MR) is 241 cm³/mol. The Hall–Kier alpha value is -4.11. The number of primary amides is 1. The van der Waals surface area contributed by atoms with Crippen molar-refractivity contribution in [1.29, 1.82) is 0 Å². The number of carbonyl (C=O) groups excluding carboxylic acids is 4. The Kier molecular flexibility index (Phi) is 18.6. The van der Waals surface area contributed by atoms with Crippen molar-refractivity contribution in [3.63, 3.8) is 0 Å². The maximum Gasteiger partial charge on any atom is 0.293 e. The van der Waals surface area contributed by atoms with Gasteiger partial charge in [-0.1, -0.05) is 40.2 Å². The highest BCUT2D eigenvalue weighted by Crippen LogP contribution is 2.47. The Labute approximate surface area is 359 Å². The van der Waals surface area contributed by atoms with E-state index in [9.17, 15) is 19.2 Å². The Balaban J connectivity index is 0.000000333. The SMILES string of the molecule is CCC(c1ncccc1-c1c(CC(C)(C)COC=O)c2cc(-c3csc(CCC=O)n3)ccc2n1CC)C1CS1.CCCCN(C)NC.CCN1CC(C(N)=O)CC1=O. The topological polar surface area (TPSA) is 153 Å². The molecule has 59 heavy (non-hydrogen) atoms. The fourth-order valence-electron chi connectivity index (χ4n) is 7.54. The van der Waals surface area contributed by atoms with Crippen molar-refractivity contribution in [2.24, 2.45) is 17.1 Å². The molecule has 2 amide bonds. The summed E-state index contributed by atoms with van der Waals surface area (Å²) in [6.07, 6.45) is 8.68. The van der Waals surface area contributed by atoms with Gasteiger partial charge in [-0.25, -0.2) is 9.99 Å². The number of thiazole rings is 1. The van der Waals surface area contributed by atoms with Crippen molar-refractivity contribution in [2.45, 2.75) is 104 Å². The van der Waals surface area contributed by atoms with Gasteiger partial charge < -0.3 is 24.7 Å². The summed E-state index contributed by atoms with van der Waals surface area (Å²) < 4.78 is 7.70. The number of aryl methyl sites for hydroxylation is 2. The van der Waals surface area contributed by atoms with Crippen LogP contribution in [0.1, 0.15) is 95.8 Å². The molecule has 6 rings (SSSR count). The van der Waals surface area contributed by atoms with E-state index in [2.05, 4.69) is 92.4 Å². The van der Waals surface area contributed by atoms with Crippen molar-refractivity contribution in [2.75, 3.05) is 46.1 Å². The molecule has 322 valence electrons. The third-order valence-electron chi connectivity index (χ3n) is 10.9. The van der Waals surface area contributed by atoms with E-state index in [1.54, 1.807) is 16.2 Å². The Morgan fingerprint density at radius 2 is 1.93 bits per heavy atom. The number of aldehydes is 1. The minimum atomic E-state index is -0.366. The number of nitrogens with two attached hydrogens (primary N) is 1. The number of hydrogen-bond donors (Lipinski definition) is 2. The molecule has 2 aliphatic heterocycles. The number of amides is 2. The van der Waals surface area contributed by atoms with Crippen LogP contribution in [-0.4, -0.2) is 100 Å². The fraction of sp³-hybridized carbons (Fsp3) is 0.556. The lowest BCUT2D eigenvalue weighted by Crippen LogP contribution is -2.31. The summed E-state index contributed by atoms with van der Waals surface area (Å²) in [4.78, 5) is 55.1. The predicted octanol–water partition coefficient (Wildman–Crippen LogP) is 7.52. The number of hydrazine groups is 1. The first-order valence-electron chi connectivity index (χ1n) is 21.0. The van der Waals surface area contributed by atoms with Gasteiger partial charge >= 0.3 is 0 Å². The molecule has 0 radical (unpaired) electrons. The number of carbonyl (C=O) groups is 4. The molecule has 2 aliphatic rings. The number of hydrogen-bond acceptors (Lipinski definition) is 11. The molecular weight excluding hydrogens is 783 g/mol. The maximum absolute atomic E-state index is 11.1. The van der Waals surface area contributed by atoms with E-state index in [4.69, 9.17) is 20.4 Å². The van der Waals surface area contributed by atoms with Crippen molar-refractivity contribution in [3.05, 3.63) is 58.2 Å². The average Bonchev–Trinajstić information content (AvgIpc) is 3.70. The van der Waals surface area contributed by atoms with Gasteiger partial charge in [0.2, 0.25) is 11.8 Å². The molecule has 4 aromatic rings. The molecule has 14 heteroatoms. The lowest BCUT2D eigenvalue weighted by atomic mass is 9.83. The van der Waals surface area contributed by atoms with Crippen molar-refractivity contribution >= 4 is 58.6 Å². The number of nitrogens with one attached hydrogen (secondary N) is 1. The third kappa shape index (κ3) is 12.9. The summed E-state index contributed by atoms with van der Waals surface area (Å²) in [5, 5.41) is 6.97. The summed E-state index contributed by atoms with van der Waals surface area (Å²) in [7, 11) is 3.99. The number of rotatable bonds is 20. The number of fused-ring (bicyclic) bond motifs is 1. The highest BCUT2D eigenvalue weighted by molar-refractivity contribution is 8.06.